The van der Waals surface area contributed by atoms with Crippen molar-refractivity contribution in [1.29, 1.82) is 0 Å². The molecular formula is C11H11F3N2O8S. The minimum absolute atomic E-state index is 0.0527. The lowest BCUT2D eigenvalue weighted by Crippen LogP contribution is -2.49. The maximum Gasteiger partial charge on any atom is 0.471 e. The molecule has 0 bridgehead atoms. The highest BCUT2D eigenvalue weighted by Crippen LogP contribution is 2.27. The Kier molecular flexibility index (Phi) is 4.78. The Bertz CT molecular complexity index is 734. The lowest BCUT2D eigenvalue weighted by atomic mass is 10.2. The van der Waals surface area contributed by atoms with Gasteiger partial charge in [0, 0.05) is 6.54 Å². The predicted octanol–water partition coefficient (Wildman–Crippen LogP) is -0.987. The Morgan fingerprint density at radius 3 is 2.32 bits per heavy atom. The van der Waals surface area contributed by atoms with Gasteiger partial charge in [0.15, 0.2) is 5.25 Å². The van der Waals surface area contributed by atoms with Gasteiger partial charge >= 0.3 is 18.1 Å². The summed E-state index contributed by atoms with van der Waals surface area (Å²) in [4.78, 5) is 51.1. The molecule has 0 aromatic rings. The summed E-state index contributed by atoms with van der Waals surface area (Å²) in [6, 6.07) is -1.68. The summed E-state index contributed by atoms with van der Waals surface area (Å²) in [5.74, 6) is -6.59. The Morgan fingerprint density at radius 2 is 1.84 bits per heavy atom. The second-order valence-electron chi connectivity index (χ2n) is 5.30. The number of hydroxylamine groups is 2. The number of nitrogens with zero attached hydrogens (tertiary/aromatic N) is 2. The van der Waals surface area contributed by atoms with Crippen LogP contribution in [0.2, 0.25) is 0 Å². The molecule has 10 nitrogen and oxygen atoms in total. The molecule has 2 aliphatic heterocycles. The van der Waals surface area contributed by atoms with E-state index in [1.807, 2.05) is 0 Å². The summed E-state index contributed by atoms with van der Waals surface area (Å²) in [5, 5.41) is -2.39. The normalized spacial score (nSPS) is 24.8. The SMILES string of the molecule is O=C(ON1C(=O)CC(S(=O)(=O)O)C1=O)[C@@H]1CCCN1C(=O)C(F)(F)F. The Morgan fingerprint density at radius 1 is 1.24 bits per heavy atom. The van der Waals surface area contributed by atoms with E-state index in [4.69, 9.17) is 4.55 Å². The minimum atomic E-state index is -5.22. The molecule has 0 saturated carbocycles. The Hall–Kier alpha value is -2.22. The van der Waals surface area contributed by atoms with E-state index in [9.17, 15) is 40.8 Å². The smallest absolute Gasteiger partial charge is 0.328 e. The predicted molar refractivity (Wildman–Crippen MR) is 68.7 cm³/mol. The molecule has 25 heavy (non-hydrogen) atoms. The molecule has 2 atom stereocenters. The number of carbonyl (C=O) groups excluding carboxylic acids is 4. The van der Waals surface area contributed by atoms with Crippen molar-refractivity contribution in [1.82, 2.24) is 9.96 Å². The van der Waals surface area contributed by atoms with E-state index >= 15 is 0 Å². The van der Waals surface area contributed by atoms with Gasteiger partial charge in [-0.3, -0.25) is 18.9 Å². The molecule has 2 rings (SSSR count). The number of halogens is 3. The first-order chi connectivity index (χ1) is 11.3. The summed E-state index contributed by atoms with van der Waals surface area (Å²) in [6.45, 7) is -0.381. The average molecular weight is 388 g/mol. The molecule has 0 spiro atoms. The van der Waals surface area contributed by atoms with Crippen LogP contribution in [0, 0.1) is 0 Å². The van der Waals surface area contributed by atoms with Gasteiger partial charge in [0.2, 0.25) is 0 Å². The summed E-state index contributed by atoms with van der Waals surface area (Å²) < 4.78 is 68.2. The zero-order chi connectivity index (χ0) is 19.2. The van der Waals surface area contributed by atoms with Crippen molar-refractivity contribution in [3.63, 3.8) is 0 Å². The zero-order valence-electron chi connectivity index (χ0n) is 12.2. The Labute approximate surface area is 138 Å². The van der Waals surface area contributed by atoms with E-state index in [0.717, 1.165) is 0 Å². The second-order valence-corrected chi connectivity index (χ2v) is 6.90. The van der Waals surface area contributed by atoms with Gasteiger partial charge in [0.25, 0.3) is 21.9 Å². The number of likely N-dealkylation sites (tertiary alicyclic amines) is 1. The van der Waals surface area contributed by atoms with Gasteiger partial charge in [-0.1, -0.05) is 0 Å². The maximum absolute atomic E-state index is 12.5. The topological polar surface area (TPSA) is 138 Å². The van der Waals surface area contributed by atoms with Crippen LogP contribution in [0.4, 0.5) is 13.2 Å². The van der Waals surface area contributed by atoms with Crippen molar-refractivity contribution in [3.05, 3.63) is 0 Å². The van der Waals surface area contributed by atoms with Gasteiger partial charge < -0.3 is 9.74 Å². The number of carbonyl (C=O) groups is 4. The molecule has 14 heteroatoms. The van der Waals surface area contributed by atoms with E-state index in [2.05, 4.69) is 4.84 Å². The lowest BCUT2D eigenvalue weighted by molar-refractivity contribution is -0.204. The molecule has 2 aliphatic rings. The molecule has 0 radical (unpaired) electrons. The molecule has 0 aliphatic carbocycles. The van der Waals surface area contributed by atoms with E-state index < -0.39 is 57.7 Å². The summed E-state index contributed by atoms with van der Waals surface area (Å²) >= 11 is 0. The zero-order valence-corrected chi connectivity index (χ0v) is 13.0. The molecule has 0 aromatic carbocycles. The van der Waals surface area contributed by atoms with Gasteiger partial charge in [0.05, 0.1) is 6.42 Å². The molecule has 2 heterocycles. The molecule has 0 aromatic heterocycles. The lowest BCUT2D eigenvalue weighted by Gasteiger charge is -2.25. The number of hydrogen-bond donors (Lipinski definition) is 1. The second kappa shape index (κ2) is 6.25. The van der Waals surface area contributed by atoms with Crippen LogP contribution in [0.1, 0.15) is 19.3 Å². The third-order valence-electron chi connectivity index (χ3n) is 3.63. The molecule has 2 saturated heterocycles. The number of amides is 3. The highest BCUT2D eigenvalue weighted by molar-refractivity contribution is 7.87. The fourth-order valence-electron chi connectivity index (χ4n) is 2.48. The van der Waals surface area contributed by atoms with Crippen LogP contribution in [0.15, 0.2) is 0 Å². The van der Waals surface area contributed by atoms with Crippen molar-refractivity contribution in [2.45, 2.75) is 36.7 Å². The Balaban J connectivity index is 2.13. The number of hydrogen-bond acceptors (Lipinski definition) is 7. The van der Waals surface area contributed by atoms with E-state index in [0.29, 0.717) is 0 Å². The van der Waals surface area contributed by atoms with Gasteiger partial charge in [-0.15, -0.1) is 5.06 Å². The number of imide groups is 1. The van der Waals surface area contributed by atoms with E-state index in [1.165, 1.54) is 0 Å². The van der Waals surface area contributed by atoms with Gasteiger partial charge in [-0.2, -0.15) is 21.6 Å². The summed E-state index contributed by atoms with van der Waals surface area (Å²) in [7, 11) is -4.93. The monoisotopic (exact) mass is 388 g/mol. The van der Waals surface area contributed by atoms with Crippen molar-refractivity contribution in [2.24, 2.45) is 0 Å². The van der Waals surface area contributed by atoms with Crippen molar-refractivity contribution in [2.75, 3.05) is 6.54 Å². The van der Waals surface area contributed by atoms with Crippen LogP contribution in [-0.4, -0.2) is 70.6 Å². The molecule has 140 valence electrons. The molecule has 3 amide bonds. The van der Waals surface area contributed by atoms with Crippen LogP contribution in [0.25, 0.3) is 0 Å². The quantitative estimate of drug-likeness (QED) is 0.481. The van der Waals surface area contributed by atoms with E-state index in [-0.39, 0.29) is 29.3 Å². The van der Waals surface area contributed by atoms with Crippen molar-refractivity contribution >= 4 is 33.8 Å². The maximum atomic E-state index is 12.5. The molecule has 2 fully saturated rings. The van der Waals surface area contributed by atoms with Gasteiger partial charge in [-0.25, -0.2) is 4.79 Å². The van der Waals surface area contributed by atoms with Crippen LogP contribution in [-0.2, 0) is 34.1 Å². The molecule has 1 N–H and O–H groups in total. The first-order valence-corrected chi connectivity index (χ1v) is 8.27. The molecule has 1 unspecified atom stereocenters. The standard InChI is InChI=1S/C11H11F3N2O8S/c12-11(13,14)10(20)15-3-1-2-5(15)9(19)24-16-7(17)4-6(8(16)18)25(21,22)23/h5-6H,1-4H2,(H,21,22,23)/t5-,6?/m0/s1. The van der Waals surface area contributed by atoms with Crippen LogP contribution in [0.5, 0.6) is 0 Å². The van der Waals surface area contributed by atoms with Crippen LogP contribution < -0.4 is 0 Å². The average Bonchev–Trinajstić information content (AvgIpc) is 3.04. The number of rotatable bonds is 3. The molecular weight excluding hydrogens is 377 g/mol. The third kappa shape index (κ3) is 3.73. The van der Waals surface area contributed by atoms with Crippen LogP contribution in [0.3, 0.4) is 0 Å². The van der Waals surface area contributed by atoms with E-state index in [1.54, 1.807) is 0 Å². The summed E-state index contributed by atoms with van der Waals surface area (Å²) in [5.41, 5.74) is 0. The van der Waals surface area contributed by atoms with Crippen molar-refractivity contribution in [3.8, 4) is 0 Å². The largest absolute Gasteiger partial charge is 0.471 e. The first kappa shape index (κ1) is 19.1. The fraction of sp³-hybridized carbons (Fsp3) is 0.636. The summed E-state index contributed by atoms with van der Waals surface area (Å²) in [6.07, 6.45) is -6.35. The van der Waals surface area contributed by atoms with Crippen molar-refractivity contribution < 1.29 is 50.2 Å². The minimum Gasteiger partial charge on any atom is -0.328 e. The highest BCUT2D eigenvalue weighted by Gasteiger charge is 2.51. The highest BCUT2D eigenvalue weighted by atomic mass is 32.2. The van der Waals surface area contributed by atoms with Crippen LogP contribution >= 0.6 is 0 Å². The number of alkyl halides is 3. The first-order valence-electron chi connectivity index (χ1n) is 6.76. The third-order valence-corrected chi connectivity index (χ3v) is 4.72. The van der Waals surface area contributed by atoms with Gasteiger partial charge in [0.1, 0.15) is 6.04 Å². The fourth-order valence-corrected chi connectivity index (χ4v) is 3.18. The van der Waals surface area contributed by atoms with Gasteiger partial charge in [-0.05, 0) is 12.8 Å².